The summed E-state index contributed by atoms with van der Waals surface area (Å²) in [6, 6.07) is 12.1. The summed E-state index contributed by atoms with van der Waals surface area (Å²) >= 11 is 0. The molecule has 0 atom stereocenters. The number of hydrogen-bond acceptors (Lipinski definition) is 4. The zero-order chi connectivity index (χ0) is 16.9. The van der Waals surface area contributed by atoms with Gasteiger partial charge in [-0.2, -0.15) is 0 Å². The van der Waals surface area contributed by atoms with Crippen LogP contribution in [0.3, 0.4) is 0 Å². The van der Waals surface area contributed by atoms with Gasteiger partial charge in [0.2, 0.25) is 5.75 Å². The van der Waals surface area contributed by atoms with Crippen LogP contribution in [-0.2, 0) is 6.54 Å². The van der Waals surface area contributed by atoms with Gasteiger partial charge in [-0.05, 0) is 46.8 Å². The van der Waals surface area contributed by atoms with Crippen LogP contribution in [0.1, 0.15) is 11.1 Å². The first-order chi connectivity index (χ1) is 11.7. The topological polar surface area (TPSA) is 55.8 Å². The van der Waals surface area contributed by atoms with Gasteiger partial charge in [0.05, 0.1) is 27.9 Å². The molecule has 24 heavy (non-hydrogen) atoms. The van der Waals surface area contributed by atoms with E-state index in [0.717, 1.165) is 16.6 Å². The van der Waals surface area contributed by atoms with E-state index in [1.165, 1.54) is 5.39 Å². The van der Waals surface area contributed by atoms with Crippen LogP contribution in [0.15, 0.2) is 47.6 Å². The van der Waals surface area contributed by atoms with Crippen LogP contribution >= 0.6 is 0 Å². The third-order valence-corrected chi connectivity index (χ3v) is 3.82. The van der Waals surface area contributed by atoms with Crippen LogP contribution in [0.5, 0.6) is 17.2 Å². The van der Waals surface area contributed by atoms with Crippen LogP contribution in [0.4, 0.5) is 0 Å². The molecule has 3 rings (SSSR count). The van der Waals surface area contributed by atoms with Gasteiger partial charge in [-0.3, -0.25) is 4.99 Å². The molecule has 0 radical (unpaired) electrons. The average Bonchev–Trinajstić information content (AvgIpc) is 3.08. The molecule has 0 spiro atoms. The van der Waals surface area contributed by atoms with E-state index in [-0.39, 0.29) is 0 Å². The van der Waals surface area contributed by atoms with Gasteiger partial charge in [0.15, 0.2) is 11.5 Å². The number of methoxy groups -OCH3 is 3. The number of hydrogen-bond donors (Lipinski definition) is 1. The Hall–Kier alpha value is -2.95. The second kappa shape index (κ2) is 7.08. The van der Waals surface area contributed by atoms with E-state index in [4.69, 9.17) is 14.2 Å². The SMILES string of the molecule is COc1cc(CN=Cc2ccc3[nH]ccc3c2)cc(OC)c1OC. The predicted octanol–water partition coefficient (Wildman–Crippen LogP) is 3.81. The minimum atomic E-state index is 0.530. The van der Waals surface area contributed by atoms with Gasteiger partial charge in [0.25, 0.3) is 0 Å². The molecule has 0 fully saturated rings. The Morgan fingerprint density at radius 3 is 2.38 bits per heavy atom. The minimum Gasteiger partial charge on any atom is -0.493 e. The maximum atomic E-state index is 5.36. The molecular formula is C19H20N2O3. The maximum Gasteiger partial charge on any atom is 0.203 e. The van der Waals surface area contributed by atoms with Gasteiger partial charge in [0.1, 0.15) is 0 Å². The lowest BCUT2D eigenvalue weighted by Crippen LogP contribution is -1.97. The summed E-state index contributed by atoms with van der Waals surface area (Å²) in [5, 5.41) is 1.17. The van der Waals surface area contributed by atoms with E-state index in [9.17, 15) is 0 Å². The average molecular weight is 324 g/mol. The third kappa shape index (κ3) is 3.20. The lowest BCUT2D eigenvalue weighted by Gasteiger charge is -2.13. The van der Waals surface area contributed by atoms with Gasteiger partial charge in [-0.25, -0.2) is 0 Å². The number of ether oxygens (including phenoxy) is 3. The van der Waals surface area contributed by atoms with Crippen molar-refractivity contribution in [3.8, 4) is 17.2 Å². The van der Waals surface area contributed by atoms with Gasteiger partial charge in [-0.15, -0.1) is 0 Å². The molecule has 0 saturated heterocycles. The first-order valence-corrected chi connectivity index (χ1v) is 7.61. The van der Waals surface area contributed by atoms with Crippen LogP contribution in [0, 0.1) is 0 Å². The molecule has 0 unspecified atom stereocenters. The molecule has 0 amide bonds. The molecule has 2 aromatic carbocycles. The van der Waals surface area contributed by atoms with Gasteiger partial charge in [0, 0.05) is 17.9 Å². The fourth-order valence-corrected chi connectivity index (χ4v) is 2.64. The number of H-pyrrole nitrogens is 1. The molecule has 0 aliphatic carbocycles. The van der Waals surface area contributed by atoms with Crippen molar-refractivity contribution in [1.29, 1.82) is 0 Å². The molecule has 0 aliphatic rings. The van der Waals surface area contributed by atoms with Gasteiger partial charge in [-0.1, -0.05) is 6.07 Å². The lowest BCUT2D eigenvalue weighted by molar-refractivity contribution is 0.324. The van der Waals surface area contributed by atoms with Crippen molar-refractivity contribution in [2.75, 3.05) is 21.3 Å². The highest BCUT2D eigenvalue weighted by molar-refractivity contribution is 5.88. The molecule has 5 heteroatoms. The number of fused-ring (bicyclic) bond motifs is 1. The minimum absolute atomic E-state index is 0.530. The van der Waals surface area contributed by atoms with Crippen molar-refractivity contribution in [3.63, 3.8) is 0 Å². The number of aliphatic imine (C=N–C) groups is 1. The monoisotopic (exact) mass is 324 g/mol. The van der Waals surface area contributed by atoms with Crippen molar-refractivity contribution < 1.29 is 14.2 Å². The smallest absolute Gasteiger partial charge is 0.203 e. The van der Waals surface area contributed by atoms with Crippen molar-refractivity contribution in [2.45, 2.75) is 6.54 Å². The van der Waals surface area contributed by atoms with Crippen molar-refractivity contribution in [3.05, 3.63) is 53.7 Å². The molecule has 0 aliphatic heterocycles. The molecule has 0 saturated carbocycles. The summed E-state index contributed by atoms with van der Waals surface area (Å²) in [4.78, 5) is 7.70. The first-order valence-electron chi connectivity index (χ1n) is 7.61. The van der Waals surface area contributed by atoms with Crippen LogP contribution in [0.2, 0.25) is 0 Å². The molecule has 124 valence electrons. The highest BCUT2D eigenvalue weighted by Crippen LogP contribution is 2.38. The van der Waals surface area contributed by atoms with Gasteiger partial charge < -0.3 is 19.2 Å². The number of benzene rings is 2. The Bertz CT molecular complexity index is 843. The summed E-state index contributed by atoms with van der Waals surface area (Å²) in [5.74, 6) is 1.86. The first kappa shape index (κ1) is 15.9. The molecule has 1 heterocycles. The van der Waals surface area contributed by atoms with Crippen molar-refractivity contribution in [1.82, 2.24) is 4.98 Å². The highest BCUT2D eigenvalue weighted by atomic mass is 16.5. The second-order valence-electron chi connectivity index (χ2n) is 5.33. The van der Waals surface area contributed by atoms with E-state index in [1.807, 2.05) is 36.7 Å². The normalized spacial score (nSPS) is 11.1. The highest BCUT2D eigenvalue weighted by Gasteiger charge is 2.12. The van der Waals surface area contributed by atoms with E-state index < -0.39 is 0 Å². The second-order valence-corrected chi connectivity index (χ2v) is 5.33. The summed E-state index contributed by atoms with van der Waals surface area (Å²) in [5.41, 5.74) is 3.18. The Morgan fingerprint density at radius 1 is 0.958 bits per heavy atom. The summed E-state index contributed by atoms with van der Waals surface area (Å²) in [6.45, 7) is 0.530. The van der Waals surface area contributed by atoms with Crippen molar-refractivity contribution >= 4 is 17.1 Å². The number of nitrogens with zero attached hydrogens (tertiary/aromatic N) is 1. The largest absolute Gasteiger partial charge is 0.493 e. The zero-order valence-corrected chi connectivity index (χ0v) is 14.0. The van der Waals surface area contributed by atoms with Crippen LogP contribution in [-0.4, -0.2) is 32.5 Å². The molecule has 3 aromatic rings. The maximum absolute atomic E-state index is 5.36. The summed E-state index contributed by atoms with van der Waals surface area (Å²) in [7, 11) is 4.81. The Morgan fingerprint density at radius 2 is 1.71 bits per heavy atom. The molecule has 0 bridgehead atoms. The predicted molar refractivity (Wildman–Crippen MR) is 95.7 cm³/mol. The Labute approximate surface area is 140 Å². The quantitative estimate of drug-likeness (QED) is 0.701. The van der Waals surface area contributed by atoms with Crippen molar-refractivity contribution in [2.24, 2.45) is 4.99 Å². The zero-order valence-electron chi connectivity index (χ0n) is 14.0. The molecule has 1 N–H and O–H groups in total. The third-order valence-electron chi connectivity index (χ3n) is 3.82. The number of nitrogens with one attached hydrogen (secondary N) is 1. The number of aromatic nitrogens is 1. The van der Waals surface area contributed by atoms with E-state index in [0.29, 0.717) is 23.8 Å². The number of rotatable bonds is 6. The van der Waals surface area contributed by atoms with Crippen LogP contribution < -0.4 is 14.2 Å². The molecule has 5 nitrogen and oxygen atoms in total. The molecule has 1 aromatic heterocycles. The van der Waals surface area contributed by atoms with E-state index in [2.05, 4.69) is 22.1 Å². The summed E-state index contributed by atoms with van der Waals surface area (Å²) < 4.78 is 16.1. The van der Waals surface area contributed by atoms with Gasteiger partial charge >= 0.3 is 0 Å². The number of aromatic amines is 1. The Kier molecular flexibility index (Phi) is 4.70. The lowest BCUT2D eigenvalue weighted by atomic mass is 10.1. The molecular weight excluding hydrogens is 304 g/mol. The Balaban J connectivity index is 1.80. The van der Waals surface area contributed by atoms with E-state index >= 15 is 0 Å². The fourth-order valence-electron chi connectivity index (χ4n) is 2.64. The fraction of sp³-hybridized carbons (Fsp3) is 0.211. The van der Waals surface area contributed by atoms with E-state index in [1.54, 1.807) is 21.3 Å². The summed E-state index contributed by atoms with van der Waals surface area (Å²) in [6.07, 6.45) is 3.80. The standard InChI is InChI=1S/C19H20N2O3/c1-22-17-9-14(10-18(23-2)19(17)24-3)12-20-11-13-4-5-16-15(8-13)6-7-21-16/h4-11,21H,12H2,1-3H3. The van der Waals surface area contributed by atoms with Crippen LogP contribution in [0.25, 0.3) is 10.9 Å².